The van der Waals surface area contributed by atoms with Gasteiger partial charge < -0.3 is 15.7 Å². The molecule has 2 aromatic rings. The number of thioether (sulfide) groups is 1. The van der Waals surface area contributed by atoms with E-state index in [-0.39, 0.29) is 12.1 Å². The molecule has 2 rings (SSSR count). The third-order valence-electron chi connectivity index (χ3n) is 3.92. The van der Waals surface area contributed by atoms with Crippen molar-refractivity contribution in [2.75, 3.05) is 12.0 Å². The maximum atomic E-state index is 13.2. The summed E-state index contributed by atoms with van der Waals surface area (Å²) in [6.07, 6.45) is 3.43. The van der Waals surface area contributed by atoms with Crippen LogP contribution in [-0.2, 0) is 9.59 Å². The highest BCUT2D eigenvalue weighted by molar-refractivity contribution is 7.98. The van der Waals surface area contributed by atoms with E-state index in [0.29, 0.717) is 16.9 Å². The number of amides is 2. The second kappa shape index (κ2) is 11.0. The lowest BCUT2D eigenvalue weighted by atomic mass is 10.1. The van der Waals surface area contributed by atoms with Crippen LogP contribution in [0.25, 0.3) is 6.08 Å². The Bertz CT molecular complexity index is 885. The summed E-state index contributed by atoms with van der Waals surface area (Å²) in [5.74, 6) is -2.32. The minimum Gasteiger partial charge on any atom is -0.480 e. The van der Waals surface area contributed by atoms with E-state index in [4.69, 9.17) is 0 Å². The Morgan fingerprint density at radius 3 is 2.34 bits per heavy atom. The number of aliphatic carboxylic acids is 1. The second-order valence-electron chi connectivity index (χ2n) is 6.08. The van der Waals surface area contributed by atoms with E-state index in [1.54, 1.807) is 30.3 Å². The van der Waals surface area contributed by atoms with Gasteiger partial charge in [0.25, 0.3) is 11.8 Å². The number of benzene rings is 2. The average molecular weight is 416 g/mol. The lowest BCUT2D eigenvalue weighted by Crippen LogP contribution is -2.44. The van der Waals surface area contributed by atoms with E-state index < -0.39 is 29.6 Å². The maximum absolute atomic E-state index is 13.2. The minimum absolute atomic E-state index is 0.138. The first-order chi connectivity index (χ1) is 13.9. The van der Waals surface area contributed by atoms with Gasteiger partial charge in [0.05, 0.1) is 0 Å². The van der Waals surface area contributed by atoms with Crippen molar-refractivity contribution in [3.8, 4) is 0 Å². The molecular weight excluding hydrogens is 395 g/mol. The van der Waals surface area contributed by atoms with Crippen LogP contribution in [0.15, 0.2) is 60.3 Å². The first-order valence-electron chi connectivity index (χ1n) is 8.77. The van der Waals surface area contributed by atoms with E-state index in [1.165, 1.54) is 42.1 Å². The van der Waals surface area contributed by atoms with Gasteiger partial charge >= 0.3 is 5.97 Å². The number of carbonyl (C=O) groups is 3. The second-order valence-corrected chi connectivity index (χ2v) is 7.06. The summed E-state index contributed by atoms with van der Waals surface area (Å²) in [5.41, 5.74) is 0.671. The van der Waals surface area contributed by atoms with E-state index in [1.807, 2.05) is 6.26 Å². The van der Waals surface area contributed by atoms with Crippen molar-refractivity contribution in [3.63, 3.8) is 0 Å². The van der Waals surface area contributed by atoms with E-state index >= 15 is 0 Å². The molecule has 0 heterocycles. The Balaban J connectivity index is 2.27. The molecule has 0 bridgehead atoms. The molecule has 0 aromatic heterocycles. The fraction of sp³-hybridized carbons (Fsp3) is 0.190. The van der Waals surface area contributed by atoms with E-state index in [9.17, 15) is 23.9 Å². The molecule has 3 N–H and O–H groups in total. The zero-order valence-corrected chi connectivity index (χ0v) is 16.5. The molecule has 6 nitrogen and oxygen atoms in total. The third kappa shape index (κ3) is 7.08. The van der Waals surface area contributed by atoms with Gasteiger partial charge in [0.1, 0.15) is 17.6 Å². The van der Waals surface area contributed by atoms with Gasteiger partial charge in [-0.05, 0) is 54.3 Å². The fourth-order valence-corrected chi connectivity index (χ4v) is 2.87. The van der Waals surface area contributed by atoms with Crippen LogP contribution in [-0.4, -0.2) is 40.9 Å². The van der Waals surface area contributed by atoms with Crippen LogP contribution in [0.5, 0.6) is 0 Å². The van der Waals surface area contributed by atoms with Gasteiger partial charge in [-0.25, -0.2) is 9.18 Å². The van der Waals surface area contributed by atoms with Crippen LogP contribution < -0.4 is 10.6 Å². The van der Waals surface area contributed by atoms with Gasteiger partial charge in [-0.15, -0.1) is 0 Å². The quantitative estimate of drug-likeness (QED) is 0.547. The Morgan fingerprint density at radius 2 is 1.76 bits per heavy atom. The Kier molecular flexibility index (Phi) is 8.42. The number of carboxylic acids is 1. The Hall–Kier alpha value is -3.13. The lowest BCUT2D eigenvalue weighted by Gasteiger charge is -2.16. The fourth-order valence-electron chi connectivity index (χ4n) is 2.40. The molecule has 2 amide bonds. The third-order valence-corrected chi connectivity index (χ3v) is 4.57. The predicted octanol–water partition coefficient (Wildman–Crippen LogP) is 2.92. The highest BCUT2D eigenvalue weighted by Crippen LogP contribution is 2.10. The number of hydrogen-bond donors (Lipinski definition) is 3. The Labute approximate surface area is 172 Å². The van der Waals surface area contributed by atoms with Crippen LogP contribution in [0.3, 0.4) is 0 Å². The topological polar surface area (TPSA) is 95.5 Å². The van der Waals surface area contributed by atoms with Gasteiger partial charge in [-0.2, -0.15) is 11.8 Å². The van der Waals surface area contributed by atoms with Crippen LogP contribution in [0, 0.1) is 5.82 Å². The Morgan fingerprint density at radius 1 is 1.10 bits per heavy atom. The number of halogens is 1. The molecule has 29 heavy (non-hydrogen) atoms. The summed E-state index contributed by atoms with van der Waals surface area (Å²) in [5, 5.41) is 14.3. The molecule has 0 aliphatic carbocycles. The number of nitrogens with one attached hydrogen (secondary N) is 2. The monoisotopic (exact) mass is 416 g/mol. The number of rotatable bonds is 9. The molecule has 8 heteroatoms. The van der Waals surface area contributed by atoms with Crippen molar-refractivity contribution in [1.29, 1.82) is 0 Å². The van der Waals surface area contributed by atoms with Gasteiger partial charge in [0, 0.05) is 5.56 Å². The van der Waals surface area contributed by atoms with E-state index in [2.05, 4.69) is 10.6 Å². The van der Waals surface area contributed by atoms with Gasteiger partial charge in [-0.3, -0.25) is 9.59 Å². The normalized spacial score (nSPS) is 12.1. The molecule has 2 aromatic carbocycles. The van der Waals surface area contributed by atoms with E-state index in [0.717, 1.165) is 0 Å². The average Bonchev–Trinajstić information content (AvgIpc) is 2.72. The summed E-state index contributed by atoms with van der Waals surface area (Å²) in [6, 6.07) is 12.5. The largest absolute Gasteiger partial charge is 0.480 e. The molecule has 0 spiro atoms. The summed E-state index contributed by atoms with van der Waals surface area (Å²) in [4.78, 5) is 36.6. The molecule has 0 aliphatic rings. The molecule has 0 unspecified atom stereocenters. The zero-order valence-electron chi connectivity index (χ0n) is 15.7. The molecule has 152 valence electrons. The maximum Gasteiger partial charge on any atom is 0.326 e. The summed E-state index contributed by atoms with van der Waals surface area (Å²) >= 11 is 1.46. The predicted molar refractivity (Wildman–Crippen MR) is 111 cm³/mol. The first-order valence-corrected chi connectivity index (χ1v) is 10.2. The molecule has 0 saturated heterocycles. The molecule has 0 saturated carbocycles. The number of hydrogen-bond acceptors (Lipinski definition) is 4. The van der Waals surface area contributed by atoms with Crippen LogP contribution >= 0.6 is 11.8 Å². The SMILES string of the molecule is CSCC[C@@H](NC(=O)/C(=C\c1ccc(F)cc1)NC(=O)c1ccccc1)C(=O)O. The molecule has 1 atom stereocenters. The smallest absolute Gasteiger partial charge is 0.326 e. The van der Waals surface area contributed by atoms with Gasteiger partial charge in [-0.1, -0.05) is 30.3 Å². The highest BCUT2D eigenvalue weighted by atomic mass is 32.2. The zero-order chi connectivity index (χ0) is 21.2. The van der Waals surface area contributed by atoms with Crippen molar-refractivity contribution >= 4 is 35.6 Å². The van der Waals surface area contributed by atoms with Gasteiger partial charge in [0.2, 0.25) is 0 Å². The first kappa shape index (κ1) is 22.2. The molecule has 0 fully saturated rings. The van der Waals surface area contributed by atoms with Crippen molar-refractivity contribution in [2.45, 2.75) is 12.5 Å². The van der Waals surface area contributed by atoms with Crippen molar-refractivity contribution < 1.29 is 23.9 Å². The van der Waals surface area contributed by atoms with Crippen molar-refractivity contribution in [2.24, 2.45) is 0 Å². The summed E-state index contributed by atoms with van der Waals surface area (Å²) in [6.45, 7) is 0. The van der Waals surface area contributed by atoms with Crippen molar-refractivity contribution in [3.05, 3.63) is 77.2 Å². The number of carboxylic acid groups (broad SMARTS) is 1. The molecular formula is C21H21FN2O4S. The highest BCUT2D eigenvalue weighted by Gasteiger charge is 2.22. The van der Waals surface area contributed by atoms with Gasteiger partial charge in [0.15, 0.2) is 0 Å². The van der Waals surface area contributed by atoms with Crippen molar-refractivity contribution in [1.82, 2.24) is 10.6 Å². The standard InChI is InChI=1S/C21H21FN2O4S/c1-29-12-11-17(21(27)28)23-20(26)18(13-14-7-9-16(22)10-8-14)24-19(25)15-5-3-2-4-6-15/h2-10,13,17H,11-12H2,1H3,(H,23,26)(H,24,25)(H,27,28)/b18-13+/t17-/m1/s1. The van der Waals surface area contributed by atoms with Crippen LogP contribution in [0.2, 0.25) is 0 Å². The lowest BCUT2D eigenvalue weighted by molar-refractivity contribution is -0.141. The molecule has 0 aliphatic heterocycles. The summed E-state index contributed by atoms with van der Waals surface area (Å²) < 4.78 is 13.2. The number of carbonyl (C=O) groups excluding carboxylic acids is 2. The van der Waals surface area contributed by atoms with Crippen LogP contribution in [0.1, 0.15) is 22.3 Å². The molecule has 0 radical (unpaired) electrons. The summed E-state index contributed by atoms with van der Waals surface area (Å²) in [7, 11) is 0. The van der Waals surface area contributed by atoms with Crippen LogP contribution in [0.4, 0.5) is 4.39 Å². The minimum atomic E-state index is -1.16.